The van der Waals surface area contributed by atoms with E-state index >= 15 is 0 Å². The molecule has 4 rings (SSSR count). The van der Waals surface area contributed by atoms with Crippen molar-refractivity contribution in [3.63, 3.8) is 0 Å². The molecular formula is C24H28N4O4S. The number of aryl methyl sites for hydroxylation is 2. The number of anilines is 1. The highest BCUT2D eigenvalue weighted by Gasteiger charge is 2.31. The first-order chi connectivity index (χ1) is 15.6. The SMILES string of the molecule is Cc1ccc(-c2nnc(NC(=O)c3ccc(S(=O)(=O)N4CC(C)CC(C)C4)cc3)o2)cc1C. The Hall–Kier alpha value is -3.04. The van der Waals surface area contributed by atoms with Gasteiger partial charge in [0.2, 0.25) is 15.9 Å². The van der Waals surface area contributed by atoms with Crippen molar-refractivity contribution < 1.29 is 17.6 Å². The van der Waals surface area contributed by atoms with Crippen molar-refractivity contribution in [2.45, 2.75) is 39.0 Å². The maximum atomic E-state index is 13.0. The number of aromatic nitrogens is 2. The molecule has 0 radical (unpaired) electrons. The summed E-state index contributed by atoms with van der Waals surface area (Å²) in [5.41, 5.74) is 3.31. The fourth-order valence-corrected chi connectivity index (χ4v) is 5.84. The fraction of sp³-hybridized carbons (Fsp3) is 0.375. The van der Waals surface area contributed by atoms with Crippen LogP contribution in [-0.4, -0.2) is 41.9 Å². The maximum absolute atomic E-state index is 13.0. The van der Waals surface area contributed by atoms with Gasteiger partial charge in [0.15, 0.2) is 0 Å². The van der Waals surface area contributed by atoms with E-state index in [1.54, 1.807) is 0 Å². The Kier molecular flexibility index (Phi) is 6.36. The number of nitrogens with one attached hydrogen (secondary N) is 1. The van der Waals surface area contributed by atoms with Crippen LogP contribution >= 0.6 is 0 Å². The van der Waals surface area contributed by atoms with Gasteiger partial charge >= 0.3 is 6.01 Å². The molecule has 0 saturated carbocycles. The molecule has 2 aromatic carbocycles. The molecule has 33 heavy (non-hydrogen) atoms. The minimum absolute atomic E-state index is 0.0266. The van der Waals surface area contributed by atoms with E-state index in [4.69, 9.17) is 4.42 Å². The van der Waals surface area contributed by atoms with Gasteiger partial charge in [0, 0.05) is 24.2 Å². The van der Waals surface area contributed by atoms with Crippen LogP contribution in [0.15, 0.2) is 51.8 Å². The summed E-state index contributed by atoms with van der Waals surface area (Å²) in [6.45, 7) is 9.16. The second kappa shape index (κ2) is 9.07. The van der Waals surface area contributed by atoms with E-state index in [9.17, 15) is 13.2 Å². The Morgan fingerprint density at radius 1 is 1.00 bits per heavy atom. The highest BCUT2D eigenvalue weighted by molar-refractivity contribution is 7.89. The lowest BCUT2D eigenvalue weighted by molar-refractivity contribution is 0.102. The number of sulfonamides is 1. The van der Waals surface area contributed by atoms with Crippen LogP contribution < -0.4 is 5.32 Å². The van der Waals surface area contributed by atoms with E-state index < -0.39 is 15.9 Å². The molecule has 9 heteroatoms. The number of hydrogen-bond acceptors (Lipinski definition) is 6. The van der Waals surface area contributed by atoms with E-state index in [-0.39, 0.29) is 10.9 Å². The Bertz CT molecular complexity index is 1260. The molecule has 8 nitrogen and oxygen atoms in total. The predicted octanol–water partition coefficient (Wildman–Crippen LogP) is 4.27. The minimum Gasteiger partial charge on any atom is -0.403 e. The van der Waals surface area contributed by atoms with Crippen LogP contribution in [0.25, 0.3) is 11.5 Å². The van der Waals surface area contributed by atoms with Crippen LogP contribution in [0.5, 0.6) is 0 Å². The molecule has 2 atom stereocenters. The summed E-state index contributed by atoms with van der Waals surface area (Å²) in [6, 6.07) is 11.7. The summed E-state index contributed by atoms with van der Waals surface area (Å²) in [5, 5.41) is 10.5. The Labute approximate surface area is 194 Å². The average molecular weight is 469 g/mol. The Morgan fingerprint density at radius 3 is 2.30 bits per heavy atom. The van der Waals surface area contributed by atoms with E-state index in [1.807, 2.05) is 32.0 Å². The summed E-state index contributed by atoms with van der Waals surface area (Å²) >= 11 is 0. The van der Waals surface area contributed by atoms with Crippen LogP contribution in [0.2, 0.25) is 0 Å². The van der Waals surface area contributed by atoms with Gasteiger partial charge in [0.05, 0.1) is 4.90 Å². The van der Waals surface area contributed by atoms with Gasteiger partial charge in [-0.25, -0.2) is 8.42 Å². The van der Waals surface area contributed by atoms with Crippen LogP contribution in [0, 0.1) is 25.7 Å². The second-order valence-corrected chi connectivity index (χ2v) is 10.9. The topological polar surface area (TPSA) is 105 Å². The molecule has 1 amide bonds. The van der Waals surface area contributed by atoms with Crippen LogP contribution in [0.4, 0.5) is 6.01 Å². The molecular weight excluding hydrogens is 440 g/mol. The van der Waals surface area contributed by atoms with Crippen molar-refractivity contribution in [3.8, 4) is 11.5 Å². The Morgan fingerprint density at radius 2 is 1.67 bits per heavy atom. The lowest BCUT2D eigenvalue weighted by atomic mass is 9.94. The average Bonchev–Trinajstić information content (AvgIpc) is 3.23. The Balaban J connectivity index is 1.46. The van der Waals surface area contributed by atoms with Crippen molar-refractivity contribution in [1.29, 1.82) is 0 Å². The molecule has 0 aliphatic carbocycles. The van der Waals surface area contributed by atoms with Crippen molar-refractivity contribution in [1.82, 2.24) is 14.5 Å². The molecule has 1 aromatic heterocycles. The quantitative estimate of drug-likeness (QED) is 0.599. The zero-order chi connectivity index (χ0) is 23.8. The number of amides is 1. The number of rotatable bonds is 5. The third-order valence-corrected chi connectivity index (χ3v) is 7.83. The number of nitrogens with zero attached hydrogens (tertiary/aromatic N) is 3. The molecule has 2 heterocycles. The van der Waals surface area contributed by atoms with Crippen LogP contribution in [0.3, 0.4) is 0 Å². The van der Waals surface area contributed by atoms with Gasteiger partial charge in [0.1, 0.15) is 0 Å². The third kappa shape index (κ3) is 4.99. The zero-order valence-electron chi connectivity index (χ0n) is 19.2. The lowest BCUT2D eigenvalue weighted by Crippen LogP contribution is -2.42. The van der Waals surface area contributed by atoms with E-state index in [0.717, 1.165) is 23.1 Å². The van der Waals surface area contributed by atoms with E-state index in [0.29, 0.717) is 36.4 Å². The summed E-state index contributed by atoms with van der Waals surface area (Å²) in [4.78, 5) is 12.8. The highest BCUT2D eigenvalue weighted by atomic mass is 32.2. The van der Waals surface area contributed by atoms with Gasteiger partial charge in [-0.05, 0) is 79.6 Å². The zero-order valence-corrected chi connectivity index (χ0v) is 20.0. The summed E-state index contributed by atoms with van der Waals surface area (Å²) in [5.74, 6) is 0.475. The predicted molar refractivity (Wildman–Crippen MR) is 125 cm³/mol. The smallest absolute Gasteiger partial charge is 0.322 e. The van der Waals surface area contributed by atoms with Crippen molar-refractivity contribution in [2.75, 3.05) is 18.4 Å². The normalized spacial score (nSPS) is 19.4. The first-order valence-corrected chi connectivity index (χ1v) is 12.4. The fourth-order valence-electron chi connectivity index (χ4n) is 4.16. The lowest BCUT2D eigenvalue weighted by Gasteiger charge is -2.34. The van der Waals surface area contributed by atoms with Gasteiger partial charge < -0.3 is 4.42 Å². The number of hydrogen-bond donors (Lipinski definition) is 1. The second-order valence-electron chi connectivity index (χ2n) is 8.96. The molecule has 1 aliphatic rings. The molecule has 1 fully saturated rings. The largest absolute Gasteiger partial charge is 0.403 e. The monoisotopic (exact) mass is 468 g/mol. The number of carbonyl (C=O) groups is 1. The molecule has 1 aliphatic heterocycles. The summed E-state index contributed by atoms with van der Waals surface area (Å²) in [6.07, 6.45) is 1.02. The molecule has 1 saturated heterocycles. The number of piperidine rings is 1. The van der Waals surface area contributed by atoms with Crippen molar-refractivity contribution >= 4 is 21.9 Å². The molecule has 174 valence electrons. The number of benzene rings is 2. The van der Waals surface area contributed by atoms with E-state index in [2.05, 4.69) is 29.4 Å². The molecule has 3 aromatic rings. The summed E-state index contributed by atoms with van der Waals surface area (Å²) < 4.78 is 33.2. The highest BCUT2D eigenvalue weighted by Crippen LogP contribution is 2.27. The van der Waals surface area contributed by atoms with Crippen molar-refractivity contribution in [2.24, 2.45) is 11.8 Å². The van der Waals surface area contributed by atoms with Gasteiger partial charge in [-0.15, -0.1) is 5.10 Å². The first-order valence-electron chi connectivity index (χ1n) is 11.0. The van der Waals surface area contributed by atoms with Crippen LogP contribution in [-0.2, 0) is 10.0 Å². The van der Waals surface area contributed by atoms with Crippen molar-refractivity contribution in [3.05, 3.63) is 59.2 Å². The van der Waals surface area contributed by atoms with Gasteiger partial charge in [0.25, 0.3) is 5.91 Å². The molecule has 1 N–H and O–H groups in total. The molecule has 2 unspecified atom stereocenters. The molecule has 0 bridgehead atoms. The van der Waals surface area contributed by atoms with Gasteiger partial charge in [-0.1, -0.05) is 25.0 Å². The van der Waals surface area contributed by atoms with Crippen LogP contribution in [0.1, 0.15) is 41.8 Å². The van der Waals surface area contributed by atoms with Gasteiger partial charge in [-0.3, -0.25) is 10.1 Å². The first kappa shape index (κ1) is 23.1. The van der Waals surface area contributed by atoms with E-state index in [1.165, 1.54) is 28.6 Å². The third-order valence-electron chi connectivity index (χ3n) is 5.99. The summed E-state index contributed by atoms with van der Waals surface area (Å²) in [7, 11) is -3.60. The molecule has 0 spiro atoms. The maximum Gasteiger partial charge on any atom is 0.322 e. The standard InChI is InChI=1S/C24H28N4O4S/c1-15-11-16(2)14-28(13-15)33(30,31)21-9-7-19(8-10-21)22(29)25-24-27-26-23(32-24)20-6-5-17(3)18(4)12-20/h5-10,12,15-16H,11,13-14H2,1-4H3,(H,25,27,29). The van der Waals surface area contributed by atoms with Gasteiger partial charge in [-0.2, -0.15) is 4.31 Å². The number of carbonyl (C=O) groups excluding carboxylic acids is 1. The minimum atomic E-state index is -3.60.